The van der Waals surface area contributed by atoms with Crippen molar-refractivity contribution in [3.8, 4) is 11.5 Å². The van der Waals surface area contributed by atoms with Crippen LogP contribution in [-0.4, -0.2) is 34.9 Å². The van der Waals surface area contributed by atoms with Crippen LogP contribution in [-0.2, 0) is 4.79 Å². The van der Waals surface area contributed by atoms with Gasteiger partial charge in [0, 0.05) is 12.5 Å². The van der Waals surface area contributed by atoms with E-state index in [0.29, 0.717) is 12.4 Å². The Bertz CT molecular complexity index is 983. The van der Waals surface area contributed by atoms with Gasteiger partial charge in [-0.3, -0.25) is 9.69 Å². The number of aromatic nitrogens is 3. The van der Waals surface area contributed by atoms with E-state index in [4.69, 9.17) is 9.47 Å². The third kappa shape index (κ3) is 2.98. The van der Waals surface area contributed by atoms with E-state index in [2.05, 4.69) is 10.1 Å². The normalized spacial score (nSPS) is 18.5. The standard InChI is InChI=1S/C21H22N4O3/c1-14(26)24-18(15-8-10-16(27-2)11-9-15)12-19(25-21(24)22-13-23-25)17-6-4-5-7-20(17)28-3/h4-11,13,18-19H,12H2,1-3H3. The van der Waals surface area contributed by atoms with E-state index in [0.717, 1.165) is 22.6 Å². The van der Waals surface area contributed by atoms with Crippen LogP contribution in [0.3, 0.4) is 0 Å². The SMILES string of the molecule is COc1ccc(C2CC(c3ccccc3OC)n3ncnc3N2C(C)=O)cc1. The minimum atomic E-state index is -0.171. The maximum Gasteiger partial charge on any atom is 0.231 e. The Morgan fingerprint density at radius 3 is 2.46 bits per heavy atom. The Morgan fingerprint density at radius 2 is 1.79 bits per heavy atom. The summed E-state index contributed by atoms with van der Waals surface area (Å²) in [7, 11) is 3.30. The number of hydrogen-bond acceptors (Lipinski definition) is 5. The molecule has 0 fully saturated rings. The van der Waals surface area contributed by atoms with Gasteiger partial charge in [-0.1, -0.05) is 30.3 Å². The van der Waals surface area contributed by atoms with E-state index in [1.165, 1.54) is 6.33 Å². The second-order valence-electron chi connectivity index (χ2n) is 6.68. The van der Waals surface area contributed by atoms with E-state index < -0.39 is 0 Å². The lowest BCUT2D eigenvalue weighted by Gasteiger charge is -2.38. The fourth-order valence-corrected chi connectivity index (χ4v) is 3.86. The molecule has 2 heterocycles. The van der Waals surface area contributed by atoms with Crippen LogP contribution in [0, 0.1) is 0 Å². The fourth-order valence-electron chi connectivity index (χ4n) is 3.86. The van der Waals surface area contributed by atoms with E-state index in [9.17, 15) is 4.79 Å². The smallest absolute Gasteiger partial charge is 0.231 e. The van der Waals surface area contributed by atoms with E-state index in [-0.39, 0.29) is 18.0 Å². The Labute approximate surface area is 163 Å². The molecule has 0 saturated carbocycles. The van der Waals surface area contributed by atoms with Gasteiger partial charge in [0.05, 0.1) is 26.3 Å². The molecule has 0 spiro atoms. The molecule has 28 heavy (non-hydrogen) atoms. The van der Waals surface area contributed by atoms with Crippen LogP contribution in [0.15, 0.2) is 54.9 Å². The predicted molar refractivity (Wildman–Crippen MR) is 105 cm³/mol. The first kappa shape index (κ1) is 18.0. The molecule has 144 valence electrons. The highest BCUT2D eigenvalue weighted by Crippen LogP contribution is 2.44. The molecule has 3 aromatic rings. The van der Waals surface area contributed by atoms with Crippen molar-refractivity contribution in [2.24, 2.45) is 0 Å². The lowest BCUT2D eigenvalue weighted by atomic mass is 9.91. The molecule has 0 saturated heterocycles. The summed E-state index contributed by atoms with van der Waals surface area (Å²) in [6.07, 6.45) is 2.15. The molecule has 2 atom stereocenters. The average Bonchev–Trinajstić information content (AvgIpc) is 3.22. The number of fused-ring (bicyclic) bond motifs is 1. The molecule has 1 amide bonds. The summed E-state index contributed by atoms with van der Waals surface area (Å²) in [5.74, 6) is 2.03. The van der Waals surface area contributed by atoms with Crippen molar-refractivity contribution in [2.75, 3.05) is 19.1 Å². The number of methoxy groups -OCH3 is 2. The van der Waals surface area contributed by atoms with Gasteiger partial charge < -0.3 is 9.47 Å². The maximum absolute atomic E-state index is 12.5. The third-order valence-electron chi connectivity index (χ3n) is 5.16. The summed E-state index contributed by atoms with van der Waals surface area (Å²) in [5.41, 5.74) is 2.03. The molecular weight excluding hydrogens is 356 g/mol. The maximum atomic E-state index is 12.5. The number of nitrogens with zero attached hydrogens (tertiary/aromatic N) is 4. The Kier molecular flexibility index (Phi) is 4.73. The molecule has 1 aliphatic heterocycles. The summed E-state index contributed by atoms with van der Waals surface area (Å²) in [6, 6.07) is 15.4. The number of rotatable bonds is 4. The zero-order chi connectivity index (χ0) is 19.7. The number of hydrogen-bond donors (Lipinski definition) is 0. The van der Waals surface area contributed by atoms with E-state index in [1.54, 1.807) is 30.7 Å². The summed E-state index contributed by atoms with van der Waals surface area (Å²) >= 11 is 0. The van der Waals surface area contributed by atoms with Crippen LogP contribution in [0.4, 0.5) is 5.95 Å². The van der Waals surface area contributed by atoms with Crippen LogP contribution in [0.2, 0.25) is 0 Å². The van der Waals surface area contributed by atoms with Gasteiger partial charge in [0.25, 0.3) is 0 Å². The zero-order valence-corrected chi connectivity index (χ0v) is 16.1. The molecule has 0 radical (unpaired) electrons. The number of benzene rings is 2. The van der Waals surface area contributed by atoms with Gasteiger partial charge in [-0.15, -0.1) is 0 Å². The predicted octanol–water partition coefficient (Wildman–Crippen LogP) is 3.38. The van der Waals surface area contributed by atoms with Crippen LogP contribution in [0.1, 0.15) is 36.6 Å². The molecular formula is C21H22N4O3. The molecule has 1 aliphatic rings. The average molecular weight is 378 g/mol. The van der Waals surface area contributed by atoms with Crippen LogP contribution in [0.25, 0.3) is 0 Å². The number of carbonyl (C=O) groups excluding carboxylic acids is 1. The number of carbonyl (C=O) groups is 1. The van der Waals surface area contributed by atoms with Crippen molar-refractivity contribution in [1.29, 1.82) is 0 Å². The molecule has 0 bridgehead atoms. The Hall–Kier alpha value is -3.35. The first-order valence-electron chi connectivity index (χ1n) is 9.10. The first-order valence-corrected chi connectivity index (χ1v) is 9.10. The van der Waals surface area contributed by atoms with Crippen LogP contribution >= 0.6 is 0 Å². The van der Waals surface area contributed by atoms with Crippen molar-refractivity contribution in [2.45, 2.75) is 25.4 Å². The van der Waals surface area contributed by atoms with E-state index in [1.807, 2.05) is 48.5 Å². The summed E-state index contributed by atoms with van der Waals surface area (Å²) in [6.45, 7) is 1.55. The van der Waals surface area contributed by atoms with Crippen molar-refractivity contribution in [3.63, 3.8) is 0 Å². The largest absolute Gasteiger partial charge is 0.497 e. The van der Waals surface area contributed by atoms with E-state index >= 15 is 0 Å². The van der Waals surface area contributed by atoms with Crippen molar-refractivity contribution < 1.29 is 14.3 Å². The van der Waals surface area contributed by atoms with Gasteiger partial charge in [-0.25, -0.2) is 4.68 Å². The molecule has 2 aromatic carbocycles. The minimum Gasteiger partial charge on any atom is -0.497 e. The highest BCUT2D eigenvalue weighted by molar-refractivity contribution is 5.91. The van der Waals surface area contributed by atoms with Gasteiger partial charge in [0.15, 0.2) is 0 Å². The van der Waals surface area contributed by atoms with Crippen LogP contribution in [0.5, 0.6) is 11.5 Å². The quantitative estimate of drug-likeness (QED) is 0.696. The summed E-state index contributed by atoms with van der Waals surface area (Å²) in [5, 5.41) is 4.41. The molecule has 4 rings (SSSR count). The Balaban J connectivity index is 1.83. The van der Waals surface area contributed by atoms with Gasteiger partial charge in [0.1, 0.15) is 17.8 Å². The van der Waals surface area contributed by atoms with Gasteiger partial charge in [0.2, 0.25) is 11.9 Å². The van der Waals surface area contributed by atoms with Crippen molar-refractivity contribution in [1.82, 2.24) is 14.8 Å². The Morgan fingerprint density at radius 1 is 1.04 bits per heavy atom. The molecule has 7 heteroatoms. The third-order valence-corrected chi connectivity index (χ3v) is 5.16. The minimum absolute atomic E-state index is 0.0754. The lowest BCUT2D eigenvalue weighted by molar-refractivity contribution is -0.117. The molecule has 0 aliphatic carbocycles. The number of amides is 1. The summed E-state index contributed by atoms with van der Waals surface area (Å²) < 4.78 is 12.7. The highest BCUT2D eigenvalue weighted by atomic mass is 16.5. The zero-order valence-electron chi connectivity index (χ0n) is 16.1. The number of anilines is 1. The summed E-state index contributed by atoms with van der Waals surface area (Å²) in [4.78, 5) is 18.6. The lowest BCUT2D eigenvalue weighted by Crippen LogP contribution is -2.41. The molecule has 1 aromatic heterocycles. The second-order valence-corrected chi connectivity index (χ2v) is 6.68. The van der Waals surface area contributed by atoms with Crippen LogP contribution < -0.4 is 14.4 Å². The molecule has 7 nitrogen and oxygen atoms in total. The number of para-hydroxylation sites is 1. The molecule has 2 unspecified atom stereocenters. The topological polar surface area (TPSA) is 69.5 Å². The van der Waals surface area contributed by atoms with Gasteiger partial charge in [-0.05, 0) is 30.2 Å². The van der Waals surface area contributed by atoms with Gasteiger partial charge >= 0.3 is 0 Å². The first-order chi connectivity index (χ1) is 13.6. The second kappa shape index (κ2) is 7.34. The highest BCUT2D eigenvalue weighted by Gasteiger charge is 2.38. The van der Waals surface area contributed by atoms with Crippen molar-refractivity contribution >= 4 is 11.9 Å². The van der Waals surface area contributed by atoms with Crippen molar-refractivity contribution in [3.05, 3.63) is 66.0 Å². The monoisotopic (exact) mass is 378 g/mol. The number of ether oxygens (including phenoxy) is 2. The molecule has 0 N–H and O–H groups in total. The fraction of sp³-hybridized carbons (Fsp3) is 0.286. The van der Waals surface area contributed by atoms with Gasteiger partial charge in [-0.2, -0.15) is 10.1 Å².